The molecule has 0 aliphatic heterocycles. The van der Waals surface area contributed by atoms with E-state index in [1.54, 1.807) is 0 Å². The number of rotatable bonds is 12. The maximum absolute atomic E-state index is 11.8. The maximum Gasteiger partial charge on any atom is 0.360 e. The zero-order valence-corrected chi connectivity index (χ0v) is 22.2. The fourth-order valence-electron chi connectivity index (χ4n) is 2.10. The lowest BCUT2D eigenvalue weighted by Crippen LogP contribution is -2.56. The van der Waals surface area contributed by atoms with E-state index < -0.39 is 42.1 Å². The van der Waals surface area contributed by atoms with Crippen molar-refractivity contribution in [1.29, 1.82) is 0 Å². The summed E-state index contributed by atoms with van der Waals surface area (Å²) in [6.07, 6.45) is 1.19. The molecule has 1 amide bonds. The first-order chi connectivity index (χ1) is 15.6. The molecule has 13 nitrogen and oxygen atoms in total. The first kappa shape index (κ1) is 31.4. The molecule has 2 N–H and O–H groups in total. The summed E-state index contributed by atoms with van der Waals surface area (Å²) in [5, 5.41) is 11.6. The Labute approximate surface area is 207 Å². The number of nitrogens with zero attached hydrogens (tertiary/aromatic N) is 1. The van der Waals surface area contributed by atoms with E-state index in [1.807, 2.05) is 0 Å². The number of nitrogens with one attached hydrogen (secondary N) is 1. The predicted octanol–water partition coefficient (Wildman–Crippen LogP) is 0.322. The topological polar surface area (TPSA) is 165 Å². The number of aliphatic hydroxyl groups excluding tert-OH is 1. The number of halogens is 2. The molecule has 0 fully saturated rings. The van der Waals surface area contributed by atoms with E-state index >= 15 is 0 Å². The molecule has 0 aliphatic carbocycles. The average molecular weight is 608 g/mol. The van der Waals surface area contributed by atoms with E-state index in [1.165, 1.54) is 41.8 Å². The molecular weight excluding hydrogens is 580 g/mol. The molecule has 1 atom stereocenters. The molecule has 33 heavy (non-hydrogen) atoms. The number of ether oxygens (including phenoxy) is 6. The normalized spacial score (nSPS) is 12.3. The summed E-state index contributed by atoms with van der Waals surface area (Å²) in [4.78, 5) is 38.1. The van der Waals surface area contributed by atoms with Gasteiger partial charge in [-0.05, 0) is 0 Å². The van der Waals surface area contributed by atoms with Gasteiger partial charge < -0.3 is 43.3 Å². The van der Waals surface area contributed by atoms with Crippen LogP contribution in [0.5, 0.6) is 0 Å². The van der Waals surface area contributed by atoms with Crippen LogP contribution in [0.2, 0.25) is 0 Å². The Morgan fingerprint density at radius 1 is 1.03 bits per heavy atom. The quantitative estimate of drug-likeness (QED) is 0.190. The van der Waals surface area contributed by atoms with Crippen molar-refractivity contribution in [3.8, 4) is 0 Å². The Bertz CT molecular complexity index is 735. The van der Waals surface area contributed by atoms with Crippen molar-refractivity contribution in [3.63, 3.8) is 0 Å². The third-order valence-electron chi connectivity index (χ3n) is 4.21. The highest BCUT2D eigenvalue weighted by Gasteiger charge is 2.40. The molecular formula is C18H28Br2N2O11. The van der Waals surface area contributed by atoms with Gasteiger partial charge in [0, 0.05) is 28.4 Å². The molecule has 0 bridgehead atoms. The second kappa shape index (κ2) is 15.3. The molecule has 0 saturated heterocycles. The van der Waals surface area contributed by atoms with Crippen molar-refractivity contribution >= 4 is 49.7 Å². The van der Waals surface area contributed by atoms with Crippen LogP contribution in [0.25, 0.3) is 0 Å². The van der Waals surface area contributed by atoms with Crippen LogP contribution < -0.4 is 5.32 Å². The summed E-state index contributed by atoms with van der Waals surface area (Å²) >= 11 is 6.30. The van der Waals surface area contributed by atoms with E-state index in [4.69, 9.17) is 28.5 Å². The van der Waals surface area contributed by atoms with Crippen molar-refractivity contribution < 1.29 is 52.3 Å². The van der Waals surface area contributed by atoms with Crippen molar-refractivity contribution in [1.82, 2.24) is 10.3 Å². The Kier molecular flexibility index (Phi) is 14.6. The molecule has 1 aromatic heterocycles. The molecule has 15 heteroatoms. The van der Waals surface area contributed by atoms with Crippen molar-refractivity contribution in [2.75, 3.05) is 59.9 Å². The van der Waals surface area contributed by atoms with Gasteiger partial charge in [-0.15, -0.1) is 0 Å². The number of carbonyl (C=O) groups is 3. The summed E-state index contributed by atoms with van der Waals surface area (Å²) in [6.45, 7) is -0.579. The van der Waals surface area contributed by atoms with Gasteiger partial charge in [-0.3, -0.25) is 4.79 Å². The van der Waals surface area contributed by atoms with Crippen LogP contribution in [0, 0.1) is 0 Å². The minimum absolute atomic E-state index is 0.0666. The lowest BCUT2D eigenvalue weighted by atomic mass is 10.2. The van der Waals surface area contributed by atoms with Gasteiger partial charge in [0.05, 0.1) is 31.5 Å². The van der Waals surface area contributed by atoms with E-state index in [0.717, 1.165) is 7.11 Å². The number of amides is 1. The lowest BCUT2D eigenvalue weighted by molar-refractivity contribution is -0.211. The standard InChI is InChI=1S/C9H16BrNO6.C9H12BrNO5/c1-15-7(13)6(4-12)11-8(14)9(5-10,16-2)17-3;1-13-7(12)6-4-16-8(11-6)9(5-10,14-2)15-3/h6,12H,4-5H2,1-3H3,(H,11,14);4H,5H2,1-3H3/t6-;/m0./s1. The summed E-state index contributed by atoms with van der Waals surface area (Å²) in [6, 6.07) is -1.16. The van der Waals surface area contributed by atoms with Crippen LogP contribution in [0.15, 0.2) is 10.7 Å². The Balaban J connectivity index is 0.000000621. The van der Waals surface area contributed by atoms with E-state index in [2.05, 4.69) is 51.6 Å². The van der Waals surface area contributed by atoms with Crippen LogP contribution in [0.4, 0.5) is 0 Å². The highest BCUT2D eigenvalue weighted by Crippen LogP contribution is 2.27. The summed E-state index contributed by atoms with van der Waals surface area (Å²) in [7, 11) is 7.90. The second-order valence-corrected chi connectivity index (χ2v) is 6.97. The van der Waals surface area contributed by atoms with Gasteiger partial charge in [0.1, 0.15) is 6.26 Å². The van der Waals surface area contributed by atoms with Crippen molar-refractivity contribution in [2.45, 2.75) is 17.6 Å². The van der Waals surface area contributed by atoms with Gasteiger partial charge in [0.2, 0.25) is 0 Å². The summed E-state index contributed by atoms with van der Waals surface area (Å²) in [5.74, 6) is -4.57. The van der Waals surface area contributed by atoms with Gasteiger partial charge in [-0.25, -0.2) is 14.6 Å². The number of methoxy groups -OCH3 is 6. The minimum atomic E-state index is -1.55. The molecule has 0 spiro atoms. The second-order valence-electron chi connectivity index (χ2n) is 5.85. The average Bonchev–Trinajstić information content (AvgIpc) is 3.35. The van der Waals surface area contributed by atoms with Crippen LogP contribution in [-0.2, 0) is 43.8 Å². The van der Waals surface area contributed by atoms with Crippen LogP contribution in [-0.4, -0.2) is 99.7 Å². The van der Waals surface area contributed by atoms with E-state index in [-0.39, 0.29) is 16.9 Å². The zero-order valence-electron chi connectivity index (χ0n) is 19.0. The largest absolute Gasteiger partial charge is 0.467 e. The van der Waals surface area contributed by atoms with E-state index in [9.17, 15) is 14.4 Å². The molecule has 0 aromatic carbocycles. The minimum Gasteiger partial charge on any atom is -0.467 e. The van der Waals surface area contributed by atoms with Crippen LogP contribution in [0.3, 0.4) is 0 Å². The Morgan fingerprint density at radius 2 is 1.61 bits per heavy atom. The van der Waals surface area contributed by atoms with Crippen molar-refractivity contribution in [2.24, 2.45) is 0 Å². The number of alkyl halides is 2. The van der Waals surface area contributed by atoms with Gasteiger partial charge in [-0.1, -0.05) is 31.9 Å². The number of aromatic nitrogens is 1. The lowest BCUT2D eigenvalue weighted by Gasteiger charge is -2.28. The van der Waals surface area contributed by atoms with Gasteiger partial charge in [-0.2, -0.15) is 0 Å². The molecule has 190 valence electrons. The first-order valence-corrected chi connectivity index (χ1v) is 11.2. The Hall–Kier alpha value is -1.62. The molecule has 1 rings (SSSR count). The van der Waals surface area contributed by atoms with Gasteiger partial charge in [0.25, 0.3) is 23.4 Å². The number of carbonyl (C=O) groups excluding carboxylic acids is 3. The van der Waals surface area contributed by atoms with Gasteiger partial charge in [0.15, 0.2) is 11.7 Å². The van der Waals surface area contributed by atoms with Gasteiger partial charge >= 0.3 is 11.9 Å². The number of aliphatic hydroxyl groups is 1. The molecule has 0 unspecified atom stereocenters. The fraction of sp³-hybridized carbons (Fsp3) is 0.667. The molecule has 0 radical (unpaired) electrons. The summed E-state index contributed by atoms with van der Waals surface area (Å²) in [5.41, 5.74) is 0.0666. The monoisotopic (exact) mass is 606 g/mol. The number of hydrogen-bond acceptors (Lipinski definition) is 12. The zero-order chi connectivity index (χ0) is 25.7. The molecule has 0 saturated carbocycles. The Morgan fingerprint density at radius 3 is 1.97 bits per heavy atom. The van der Waals surface area contributed by atoms with Crippen LogP contribution >= 0.6 is 31.9 Å². The molecule has 1 aromatic rings. The predicted molar refractivity (Wildman–Crippen MR) is 119 cm³/mol. The van der Waals surface area contributed by atoms with Crippen LogP contribution in [0.1, 0.15) is 16.4 Å². The van der Waals surface area contributed by atoms with Crippen molar-refractivity contribution in [3.05, 3.63) is 17.8 Å². The molecule has 1 heterocycles. The highest BCUT2D eigenvalue weighted by atomic mass is 79.9. The smallest absolute Gasteiger partial charge is 0.360 e. The number of hydrogen-bond donors (Lipinski definition) is 2. The SMILES string of the molecule is COC(=O)[C@H](CO)NC(=O)C(CBr)(OC)OC.COC(=O)c1coc(C(CBr)(OC)OC)n1. The fourth-order valence-corrected chi connectivity index (χ4v) is 3.51. The number of esters is 2. The number of oxazole rings is 1. The summed E-state index contributed by atoms with van der Waals surface area (Å²) < 4.78 is 34.3. The first-order valence-electron chi connectivity index (χ1n) is 9.01. The highest BCUT2D eigenvalue weighted by molar-refractivity contribution is 9.09. The maximum atomic E-state index is 11.8. The van der Waals surface area contributed by atoms with E-state index in [0.29, 0.717) is 5.33 Å². The molecule has 0 aliphatic rings. The third kappa shape index (κ3) is 7.98. The third-order valence-corrected chi connectivity index (χ3v) is 5.69.